The molecule has 82 valence electrons. The molecule has 1 amide bonds. The van der Waals surface area contributed by atoms with Crippen LogP contribution in [0.1, 0.15) is 10.4 Å². The minimum atomic E-state index is -0.253. The first kappa shape index (κ1) is 10.9. The van der Waals surface area contributed by atoms with Crippen molar-refractivity contribution in [3.63, 3.8) is 0 Å². The van der Waals surface area contributed by atoms with Gasteiger partial charge in [0.2, 0.25) is 0 Å². The zero-order chi connectivity index (χ0) is 11.5. The van der Waals surface area contributed by atoms with Crippen LogP contribution in [0, 0.1) is 0 Å². The van der Waals surface area contributed by atoms with Gasteiger partial charge in [-0.2, -0.15) is 0 Å². The van der Waals surface area contributed by atoms with E-state index < -0.39 is 0 Å². The van der Waals surface area contributed by atoms with E-state index in [0.717, 1.165) is 0 Å². The van der Waals surface area contributed by atoms with E-state index in [0.29, 0.717) is 21.4 Å². The molecule has 0 radical (unpaired) electrons. The molecule has 0 saturated carbocycles. The molecule has 1 heterocycles. The Hall–Kier alpha value is -1.59. The number of nitrogens with zero attached hydrogens (tertiary/aromatic N) is 1. The molecule has 0 fully saturated rings. The Morgan fingerprint density at radius 3 is 2.94 bits per heavy atom. The summed E-state index contributed by atoms with van der Waals surface area (Å²) < 4.78 is 0. The summed E-state index contributed by atoms with van der Waals surface area (Å²) in [6.07, 6.45) is 1.62. The lowest BCUT2D eigenvalue weighted by molar-refractivity contribution is 0.102. The Morgan fingerprint density at radius 2 is 2.31 bits per heavy atom. The monoisotopic (exact) mass is 253 g/mol. The molecule has 0 spiro atoms. The summed E-state index contributed by atoms with van der Waals surface area (Å²) >= 11 is 7.17. The second kappa shape index (κ2) is 4.51. The molecule has 0 atom stereocenters. The second-order valence-corrected chi connectivity index (χ2v) is 4.33. The average Bonchev–Trinajstić information content (AvgIpc) is 2.74. The molecule has 6 heteroatoms. The maximum atomic E-state index is 11.7. The Labute approximate surface area is 101 Å². The highest BCUT2D eigenvalue weighted by Gasteiger charge is 2.08. The molecule has 2 rings (SSSR count). The fraction of sp³-hybridized carbons (Fsp3) is 0. The van der Waals surface area contributed by atoms with Crippen molar-refractivity contribution in [2.24, 2.45) is 0 Å². The number of nitrogens with two attached hydrogens (primary N) is 1. The fourth-order valence-corrected chi connectivity index (χ4v) is 1.83. The molecule has 0 aliphatic rings. The first-order valence-corrected chi connectivity index (χ1v) is 5.68. The van der Waals surface area contributed by atoms with Gasteiger partial charge in [-0.25, -0.2) is 4.98 Å². The quantitative estimate of drug-likeness (QED) is 0.809. The van der Waals surface area contributed by atoms with Gasteiger partial charge in [-0.3, -0.25) is 10.1 Å². The van der Waals surface area contributed by atoms with Gasteiger partial charge in [-0.15, -0.1) is 11.3 Å². The van der Waals surface area contributed by atoms with E-state index in [1.165, 1.54) is 17.4 Å². The summed E-state index contributed by atoms with van der Waals surface area (Å²) in [6.45, 7) is 0. The van der Waals surface area contributed by atoms with Crippen LogP contribution in [0.3, 0.4) is 0 Å². The largest absolute Gasteiger partial charge is 0.398 e. The van der Waals surface area contributed by atoms with Gasteiger partial charge in [-0.05, 0) is 18.2 Å². The third kappa shape index (κ3) is 2.32. The second-order valence-electron chi connectivity index (χ2n) is 3.03. The van der Waals surface area contributed by atoms with Crippen molar-refractivity contribution >= 4 is 39.7 Å². The van der Waals surface area contributed by atoms with E-state index >= 15 is 0 Å². The van der Waals surface area contributed by atoms with Crippen LogP contribution in [0.2, 0.25) is 5.02 Å². The van der Waals surface area contributed by atoms with E-state index in [1.807, 2.05) is 0 Å². The van der Waals surface area contributed by atoms with Gasteiger partial charge in [-0.1, -0.05) is 11.6 Å². The first-order chi connectivity index (χ1) is 7.66. The third-order valence-corrected chi connectivity index (χ3v) is 2.93. The number of benzene rings is 1. The van der Waals surface area contributed by atoms with Crippen LogP contribution in [-0.4, -0.2) is 10.9 Å². The number of carbonyl (C=O) groups is 1. The number of rotatable bonds is 2. The molecule has 0 aliphatic carbocycles. The third-order valence-electron chi connectivity index (χ3n) is 1.92. The number of anilines is 2. The van der Waals surface area contributed by atoms with Crippen molar-refractivity contribution in [3.05, 3.63) is 40.4 Å². The van der Waals surface area contributed by atoms with E-state index in [2.05, 4.69) is 10.3 Å². The van der Waals surface area contributed by atoms with Gasteiger partial charge >= 0.3 is 0 Å². The number of hydrogen-bond acceptors (Lipinski definition) is 4. The fourth-order valence-electron chi connectivity index (χ4n) is 1.12. The smallest absolute Gasteiger partial charge is 0.257 e. The lowest BCUT2D eigenvalue weighted by atomic mass is 10.2. The zero-order valence-corrected chi connectivity index (χ0v) is 9.68. The van der Waals surface area contributed by atoms with Gasteiger partial charge in [0.05, 0.1) is 10.7 Å². The maximum absolute atomic E-state index is 11.7. The number of aromatic nitrogens is 1. The zero-order valence-electron chi connectivity index (χ0n) is 8.11. The van der Waals surface area contributed by atoms with E-state index in [1.54, 1.807) is 23.7 Å². The summed E-state index contributed by atoms with van der Waals surface area (Å²) in [5, 5.41) is 5.36. The molecular formula is C10H8ClN3OS. The van der Waals surface area contributed by atoms with Crippen LogP contribution in [-0.2, 0) is 0 Å². The van der Waals surface area contributed by atoms with E-state index in [-0.39, 0.29) is 5.91 Å². The Kier molecular flexibility index (Phi) is 3.07. The van der Waals surface area contributed by atoms with Gasteiger partial charge in [0, 0.05) is 17.1 Å². The number of thiazole rings is 1. The molecule has 1 aromatic heterocycles. The summed E-state index contributed by atoms with van der Waals surface area (Å²) in [5.41, 5.74) is 6.46. The van der Waals surface area contributed by atoms with Crippen LogP contribution < -0.4 is 11.1 Å². The van der Waals surface area contributed by atoms with Crippen molar-refractivity contribution in [1.82, 2.24) is 4.98 Å². The van der Waals surface area contributed by atoms with Gasteiger partial charge in [0.15, 0.2) is 5.13 Å². The van der Waals surface area contributed by atoms with E-state index in [9.17, 15) is 4.79 Å². The molecule has 2 aromatic rings. The maximum Gasteiger partial charge on any atom is 0.257 e. The van der Waals surface area contributed by atoms with Crippen LogP contribution in [0.25, 0.3) is 0 Å². The van der Waals surface area contributed by atoms with Crippen molar-refractivity contribution in [2.45, 2.75) is 0 Å². The number of halogens is 1. The molecule has 0 unspecified atom stereocenters. The minimum Gasteiger partial charge on any atom is -0.398 e. The summed E-state index contributed by atoms with van der Waals surface area (Å²) in [4.78, 5) is 15.7. The van der Waals surface area contributed by atoms with Crippen molar-refractivity contribution in [3.8, 4) is 0 Å². The molecule has 0 bridgehead atoms. The summed E-state index contributed by atoms with van der Waals surface area (Å²) in [6, 6.07) is 4.74. The lowest BCUT2D eigenvalue weighted by Gasteiger charge is -2.03. The molecule has 0 aliphatic heterocycles. The highest BCUT2D eigenvalue weighted by atomic mass is 35.5. The number of hydrogen-bond donors (Lipinski definition) is 2. The highest BCUT2D eigenvalue weighted by Crippen LogP contribution is 2.20. The summed E-state index contributed by atoms with van der Waals surface area (Å²) in [7, 11) is 0. The topological polar surface area (TPSA) is 68.0 Å². The Bertz CT molecular complexity index is 513. The van der Waals surface area contributed by atoms with Crippen molar-refractivity contribution in [2.75, 3.05) is 11.1 Å². The standard InChI is InChI=1S/C10H8ClN3OS/c11-7-5-6(1-2-8(7)12)9(15)14-10-13-3-4-16-10/h1-5H,12H2,(H,13,14,15). The number of carbonyl (C=O) groups excluding carboxylic acids is 1. The predicted molar refractivity (Wildman–Crippen MR) is 65.9 cm³/mol. The Balaban J connectivity index is 2.18. The molecule has 16 heavy (non-hydrogen) atoms. The van der Waals surface area contributed by atoms with Crippen LogP contribution in [0.4, 0.5) is 10.8 Å². The van der Waals surface area contributed by atoms with Crippen LogP contribution in [0.5, 0.6) is 0 Å². The molecule has 4 nitrogen and oxygen atoms in total. The molecular weight excluding hydrogens is 246 g/mol. The lowest BCUT2D eigenvalue weighted by Crippen LogP contribution is -2.11. The summed E-state index contributed by atoms with van der Waals surface area (Å²) in [5.74, 6) is -0.253. The normalized spacial score (nSPS) is 10.1. The molecule has 0 saturated heterocycles. The highest BCUT2D eigenvalue weighted by molar-refractivity contribution is 7.13. The first-order valence-electron chi connectivity index (χ1n) is 4.42. The van der Waals surface area contributed by atoms with Gasteiger partial charge in [0.25, 0.3) is 5.91 Å². The molecule has 1 aromatic carbocycles. The number of nitrogen functional groups attached to an aromatic ring is 1. The van der Waals surface area contributed by atoms with Crippen molar-refractivity contribution < 1.29 is 4.79 Å². The van der Waals surface area contributed by atoms with Crippen LogP contribution in [0.15, 0.2) is 29.8 Å². The van der Waals surface area contributed by atoms with Crippen molar-refractivity contribution in [1.29, 1.82) is 0 Å². The van der Waals surface area contributed by atoms with Gasteiger partial charge < -0.3 is 5.73 Å². The minimum absolute atomic E-state index is 0.253. The van der Waals surface area contributed by atoms with Crippen LogP contribution >= 0.6 is 22.9 Å². The predicted octanol–water partition coefficient (Wildman–Crippen LogP) is 2.63. The number of amides is 1. The molecule has 3 N–H and O–H groups in total. The Morgan fingerprint density at radius 1 is 1.50 bits per heavy atom. The number of nitrogens with one attached hydrogen (secondary N) is 1. The average molecular weight is 254 g/mol. The SMILES string of the molecule is Nc1ccc(C(=O)Nc2nccs2)cc1Cl. The van der Waals surface area contributed by atoms with Gasteiger partial charge in [0.1, 0.15) is 0 Å². The van der Waals surface area contributed by atoms with E-state index in [4.69, 9.17) is 17.3 Å².